The lowest BCUT2D eigenvalue weighted by Crippen LogP contribution is -2.42. The Bertz CT molecular complexity index is 568. The molecule has 0 aromatic heterocycles. The first-order chi connectivity index (χ1) is 11.1. The highest BCUT2D eigenvalue weighted by atomic mass is 16.1. The van der Waals surface area contributed by atoms with Crippen molar-refractivity contribution in [2.24, 2.45) is 10.8 Å². The summed E-state index contributed by atoms with van der Waals surface area (Å²) in [6.45, 7) is 7.69. The van der Waals surface area contributed by atoms with Crippen LogP contribution in [0.2, 0.25) is 0 Å². The molecule has 3 aliphatic rings. The van der Waals surface area contributed by atoms with Crippen molar-refractivity contribution in [3.8, 4) is 0 Å². The van der Waals surface area contributed by atoms with Crippen LogP contribution in [0, 0.1) is 10.8 Å². The van der Waals surface area contributed by atoms with Crippen LogP contribution >= 0.6 is 0 Å². The van der Waals surface area contributed by atoms with Crippen molar-refractivity contribution in [1.29, 1.82) is 0 Å². The SMILES string of the molecule is C=CCc1ccc(C(=O)CC23CCC(CC=C)(CC2)CC3)cc1. The molecule has 0 atom stereocenters. The van der Waals surface area contributed by atoms with Crippen LogP contribution < -0.4 is 0 Å². The van der Waals surface area contributed by atoms with Crippen LogP contribution in [0.3, 0.4) is 0 Å². The molecule has 1 aromatic carbocycles. The van der Waals surface area contributed by atoms with E-state index in [1.54, 1.807) is 0 Å². The fourth-order valence-corrected chi connectivity index (χ4v) is 4.65. The van der Waals surface area contributed by atoms with E-state index in [2.05, 4.69) is 31.4 Å². The Morgan fingerprint density at radius 3 is 2.00 bits per heavy atom. The van der Waals surface area contributed by atoms with Crippen LogP contribution in [0.25, 0.3) is 0 Å². The number of fused-ring (bicyclic) bond motifs is 3. The highest BCUT2D eigenvalue weighted by molar-refractivity contribution is 5.96. The third-order valence-electron chi connectivity index (χ3n) is 6.33. The Kier molecular flexibility index (Phi) is 4.57. The van der Waals surface area contributed by atoms with Gasteiger partial charge >= 0.3 is 0 Å². The summed E-state index contributed by atoms with van der Waals surface area (Å²) in [7, 11) is 0. The Morgan fingerprint density at radius 2 is 1.48 bits per heavy atom. The first-order valence-corrected chi connectivity index (χ1v) is 8.94. The summed E-state index contributed by atoms with van der Waals surface area (Å²) in [5.74, 6) is 0.327. The maximum atomic E-state index is 12.7. The van der Waals surface area contributed by atoms with Gasteiger partial charge in [-0.1, -0.05) is 36.4 Å². The normalized spacial score (nSPS) is 29.2. The average Bonchev–Trinajstić information content (AvgIpc) is 2.58. The van der Waals surface area contributed by atoms with Crippen molar-refractivity contribution in [1.82, 2.24) is 0 Å². The van der Waals surface area contributed by atoms with Gasteiger partial charge in [-0.15, -0.1) is 13.2 Å². The number of hydrogen-bond acceptors (Lipinski definition) is 1. The Hall–Kier alpha value is -1.63. The lowest BCUT2D eigenvalue weighted by Gasteiger charge is -2.53. The molecular weight excluding hydrogens is 280 g/mol. The fraction of sp³-hybridized carbons (Fsp3) is 0.500. The maximum Gasteiger partial charge on any atom is 0.163 e. The standard InChI is InChI=1S/C22H28O/c1-3-5-18-6-8-19(9-7-18)20(23)17-22-14-11-21(10-4-2,12-15-22)13-16-22/h3-4,6-9H,1-2,5,10-17H2. The molecule has 3 fully saturated rings. The maximum absolute atomic E-state index is 12.7. The van der Waals surface area contributed by atoms with Gasteiger partial charge in [0.2, 0.25) is 0 Å². The number of hydrogen-bond donors (Lipinski definition) is 0. The van der Waals surface area contributed by atoms with Crippen molar-refractivity contribution in [3.63, 3.8) is 0 Å². The van der Waals surface area contributed by atoms with Gasteiger partial charge in [-0.25, -0.2) is 0 Å². The zero-order chi connectivity index (χ0) is 16.3. The van der Waals surface area contributed by atoms with E-state index in [9.17, 15) is 4.79 Å². The topological polar surface area (TPSA) is 17.1 Å². The van der Waals surface area contributed by atoms with Crippen molar-refractivity contribution in [2.45, 2.75) is 57.8 Å². The van der Waals surface area contributed by atoms with Gasteiger partial charge in [0, 0.05) is 12.0 Å². The Balaban J connectivity index is 1.64. The van der Waals surface area contributed by atoms with Crippen LogP contribution in [0.1, 0.15) is 67.3 Å². The highest BCUT2D eigenvalue weighted by Crippen LogP contribution is 2.59. The molecule has 122 valence electrons. The molecule has 0 saturated heterocycles. The van der Waals surface area contributed by atoms with E-state index in [0.29, 0.717) is 11.2 Å². The minimum atomic E-state index is 0.278. The minimum absolute atomic E-state index is 0.278. The summed E-state index contributed by atoms with van der Waals surface area (Å²) in [6, 6.07) is 8.10. The van der Waals surface area contributed by atoms with E-state index < -0.39 is 0 Å². The lowest BCUT2D eigenvalue weighted by atomic mass is 9.51. The average molecular weight is 308 g/mol. The first kappa shape index (κ1) is 16.2. The molecule has 1 heteroatoms. The van der Waals surface area contributed by atoms with Crippen molar-refractivity contribution in [2.75, 3.05) is 0 Å². The highest BCUT2D eigenvalue weighted by Gasteiger charge is 2.48. The van der Waals surface area contributed by atoms with Crippen LogP contribution in [-0.2, 0) is 6.42 Å². The lowest BCUT2D eigenvalue weighted by molar-refractivity contribution is -0.00910. The van der Waals surface area contributed by atoms with E-state index >= 15 is 0 Å². The second-order valence-corrected chi connectivity index (χ2v) is 7.78. The number of rotatable bonds is 7. The molecular formula is C22H28O. The zero-order valence-corrected chi connectivity index (χ0v) is 14.2. The van der Waals surface area contributed by atoms with Gasteiger partial charge in [0.15, 0.2) is 5.78 Å². The Morgan fingerprint density at radius 1 is 0.913 bits per heavy atom. The third-order valence-corrected chi connectivity index (χ3v) is 6.33. The van der Waals surface area contributed by atoms with Crippen molar-refractivity contribution < 1.29 is 4.79 Å². The first-order valence-electron chi connectivity index (χ1n) is 8.94. The second-order valence-electron chi connectivity index (χ2n) is 7.78. The van der Waals surface area contributed by atoms with Gasteiger partial charge in [0.1, 0.15) is 0 Å². The molecule has 2 bridgehead atoms. The van der Waals surface area contributed by atoms with E-state index in [-0.39, 0.29) is 5.41 Å². The van der Waals surface area contributed by atoms with Gasteiger partial charge in [-0.2, -0.15) is 0 Å². The molecule has 0 heterocycles. The molecule has 1 aromatic rings. The predicted octanol–water partition coefficient (Wildman–Crippen LogP) is 5.90. The van der Waals surface area contributed by atoms with Gasteiger partial charge < -0.3 is 0 Å². The predicted molar refractivity (Wildman–Crippen MR) is 96.7 cm³/mol. The van der Waals surface area contributed by atoms with E-state index in [1.165, 1.54) is 44.1 Å². The summed E-state index contributed by atoms with van der Waals surface area (Å²) >= 11 is 0. The number of carbonyl (C=O) groups excluding carboxylic acids is 1. The van der Waals surface area contributed by atoms with Gasteiger partial charge in [-0.3, -0.25) is 4.79 Å². The molecule has 4 rings (SSSR count). The molecule has 3 aliphatic carbocycles. The van der Waals surface area contributed by atoms with Crippen LogP contribution in [0.15, 0.2) is 49.6 Å². The smallest absolute Gasteiger partial charge is 0.163 e. The summed E-state index contributed by atoms with van der Waals surface area (Å²) in [4.78, 5) is 12.7. The van der Waals surface area contributed by atoms with Crippen LogP contribution in [-0.4, -0.2) is 5.78 Å². The fourth-order valence-electron chi connectivity index (χ4n) is 4.65. The summed E-state index contributed by atoms with van der Waals surface area (Å²) in [6.07, 6.45) is 14.3. The molecule has 0 N–H and O–H groups in total. The molecule has 0 amide bonds. The quantitative estimate of drug-likeness (QED) is 0.452. The van der Waals surface area contributed by atoms with E-state index in [1.807, 2.05) is 18.2 Å². The van der Waals surface area contributed by atoms with Crippen LogP contribution in [0.4, 0.5) is 0 Å². The van der Waals surface area contributed by atoms with Gasteiger partial charge in [0.05, 0.1) is 0 Å². The second kappa shape index (κ2) is 6.47. The number of allylic oxidation sites excluding steroid dienone is 2. The molecule has 23 heavy (non-hydrogen) atoms. The van der Waals surface area contributed by atoms with Gasteiger partial charge in [-0.05, 0) is 67.8 Å². The molecule has 1 nitrogen and oxygen atoms in total. The number of carbonyl (C=O) groups is 1. The zero-order valence-electron chi connectivity index (χ0n) is 14.2. The summed E-state index contributed by atoms with van der Waals surface area (Å²) in [5, 5.41) is 0. The van der Waals surface area contributed by atoms with E-state index in [4.69, 9.17) is 0 Å². The largest absolute Gasteiger partial charge is 0.294 e. The number of Topliss-reactive ketones (excluding diaryl/α,β-unsaturated/α-hetero) is 1. The van der Waals surface area contributed by atoms with Crippen LogP contribution in [0.5, 0.6) is 0 Å². The molecule has 3 saturated carbocycles. The van der Waals surface area contributed by atoms with Gasteiger partial charge in [0.25, 0.3) is 0 Å². The van der Waals surface area contributed by atoms with E-state index in [0.717, 1.165) is 24.8 Å². The monoisotopic (exact) mass is 308 g/mol. The summed E-state index contributed by atoms with van der Waals surface area (Å²) < 4.78 is 0. The summed E-state index contributed by atoms with van der Waals surface area (Å²) in [5.41, 5.74) is 2.89. The molecule has 0 spiro atoms. The molecule has 0 radical (unpaired) electrons. The number of ketones is 1. The van der Waals surface area contributed by atoms with Crippen molar-refractivity contribution in [3.05, 3.63) is 60.7 Å². The number of benzene rings is 1. The molecule has 0 unspecified atom stereocenters. The Labute approximate surface area is 140 Å². The van der Waals surface area contributed by atoms with Crippen molar-refractivity contribution >= 4 is 5.78 Å². The minimum Gasteiger partial charge on any atom is -0.294 e. The third kappa shape index (κ3) is 3.34. The molecule has 0 aliphatic heterocycles.